The van der Waals surface area contributed by atoms with Crippen molar-refractivity contribution in [1.82, 2.24) is 0 Å². The lowest BCUT2D eigenvalue weighted by atomic mass is 9.97. The maximum atomic E-state index is 12.7. The Morgan fingerprint density at radius 1 is 0.933 bits per heavy atom. The van der Waals surface area contributed by atoms with E-state index >= 15 is 0 Å². The van der Waals surface area contributed by atoms with E-state index in [9.17, 15) is 9.18 Å². The minimum atomic E-state index is -0.902. The van der Waals surface area contributed by atoms with Crippen LogP contribution in [0.3, 0.4) is 0 Å². The Bertz CT molecular complexity index is 1000. The van der Waals surface area contributed by atoms with Gasteiger partial charge in [0.25, 0.3) is 0 Å². The number of para-hydroxylation sites is 1. The third kappa shape index (κ3) is 5.91. The number of carbonyl (C=O) groups is 1. The predicted molar refractivity (Wildman–Crippen MR) is 116 cm³/mol. The number of hydrogen-bond acceptors (Lipinski definition) is 3. The first-order valence-corrected chi connectivity index (χ1v) is 9.99. The van der Waals surface area contributed by atoms with Gasteiger partial charge in [0.05, 0.1) is 13.1 Å². The Labute approximate surface area is 176 Å². The lowest BCUT2D eigenvalue weighted by molar-refractivity contribution is -0.136. The molecule has 0 aliphatic heterocycles. The van der Waals surface area contributed by atoms with Gasteiger partial charge in [-0.05, 0) is 58.9 Å². The third-order valence-corrected chi connectivity index (χ3v) is 4.86. The largest absolute Gasteiger partial charge is 0.489 e. The Balaban J connectivity index is 1.87. The number of ether oxygens (including phenoxy) is 1. The molecule has 4 nitrogen and oxygen atoms in total. The molecular weight excluding hydrogens is 381 g/mol. The summed E-state index contributed by atoms with van der Waals surface area (Å²) in [7, 11) is 0. The number of carboxylic acids is 1. The van der Waals surface area contributed by atoms with E-state index in [-0.39, 0.29) is 13.1 Å². The predicted octanol–water partition coefficient (Wildman–Crippen LogP) is 4.92. The number of alkyl halides is 1. The van der Waals surface area contributed by atoms with Gasteiger partial charge >= 0.3 is 5.97 Å². The van der Waals surface area contributed by atoms with E-state index in [4.69, 9.17) is 15.6 Å². The fraction of sp³-hybridized carbons (Fsp3) is 0.240. The molecule has 0 aliphatic carbocycles. The summed E-state index contributed by atoms with van der Waals surface area (Å²) >= 11 is 0. The zero-order valence-corrected chi connectivity index (χ0v) is 16.8. The van der Waals surface area contributed by atoms with Gasteiger partial charge in [0.1, 0.15) is 12.4 Å². The molecule has 0 saturated carbocycles. The molecule has 156 valence electrons. The molecule has 0 saturated heterocycles. The summed E-state index contributed by atoms with van der Waals surface area (Å²) in [5.41, 5.74) is 11.5. The number of carboxylic acid groups (broad SMARTS) is 1. The Morgan fingerprint density at radius 2 is 1.70 bits per heavy atom. The first-order valence-electron chi connectivity index (χ1n) is 9.99. The summed E-state index contributed by atoms with van der Waals surface area (Å²) in [6, 6.07) is 21.3. The molecule has 0 heterocycles. The minimum absolute atomic E-state index is 0.0934. The highest BCUT2D eigenvalue weighted by Crippen LogP contribution is 2.26. The summed E-state index contributed by atoms with van der Waals surface area (Å²) in [6.45, 7) is 0.399. The molecule has 0 radical (unpaired) electrons. The number of aryl methyl sites for hydroxylation is 1. The second kappa shape index (κ2) is 10.6. The molecule has 0 aliphatic rings. The van der Waals surface area contributed by atoms with Gasteiger partial charge in [-0.1, -0.05) is 48.5 Å². The number of benzene rings is 3. The second-order valence-electron chi connectivity index (χ2n) is 7.20. The smallest absolute Gasteiger partial charge is 0.307 e. The van der Waals surface area contributed by atoms with Crippen molar-refractivity contribution < 1.29 is 19.0 Å². The number of nitrogens with two attached hydrogens (primary N) is 1. The standard InChI is InChI=1S/C25H26FNO3/c26-10-4-6-18-11-20(14-23(12-18)21-8-3-5-19(13-21)16-27)17-30-24-9-2-1-7-22(24)15-25(28)29/h1-3,5,7-9,11-14H,4,6,10,15-17,27H2,(H,28,29). The van der Waals surface area contributed by atoms with Crippen LogP contribution in [0.1, 0.15) is 28.7 Å². The normalized spacial score (nSPS) is 10.7. The van der Waals surface area contributed by atoms with Crippen molar-refractivity contribution in [2.24, 2.45) is 5.73 Å². The summed E-state index contributed by atoms with van der Waals surface area (Å²) in [6.07, 6.45) is 1.02. The van der Waals surface area contributed by atoms with Gasteiger partial charge in [-0.15, -0.1) is 0 Å². The summed E-state index contributed by atoms with van der Waals surface area (Å²) in [4.78, 5) is 11.1. The van der Waals surface area contributed by atoms with Crippen LogP contribution in [0.5, 0.6) is 5.75 Å². The van der Waals surface area contributed by atoms with Crippen LogP contribution in [-0.4, -0.2) is 17.8 Å². The van der Waals surface area contributed by atoms with Crippen LogP contribution in [0, 0.1) is 0 Å². The molecule has 0 spiro atoms. The highest BCUT2D eigenvalue weighted by Gasteiger charge is 2.09. The van der Waals surface area contributed by atoms with Crippen LogP contribution < -0.4 is 10.5 Å². The first-order chi connectivity index (χ1) is 14.6. The number of hydrogen-bond donors (Lipinski definition) is 2. The third-order valence-electron chi connectivity index (χ3n) is 4.86. The number of aliphatic carboxylic acids is 1. The lowest BCUT2D eigenvalue weighted by Crippen LogP contribution is -2.04. The molecular formula is C25H26FNO3. The van der Waals surface area contributed by atoms with Crippen molar-refractivity contribution in [3.05, 3.63) is 89.0 Å². The maximum absolute atomic E-state index is 12.7. The van der Waals surface area contributed by atoms with Gasteiger partial charge in [0, 0.05) is 12.1 Å². The summed E-state index contributed by atoms with van der Waals surface area (Å²) in [5.74, 6) is -0.345. The zero-order chi connectivity index (χ0) is 21.3. The summed E-state index contributed by atoms with van der Waals surface area (Å²) < 4.78 is 18.7. The average Bonchev–Trinajstić information content (AvgIpc) is 2.76. The zero-order valence-electron chi connectivity index (χ0n) is 16.8. The van der Waals surface area contributed by atoms with Gasteiger partial charge in [-0.3, -0.25) is 9.18 Å². The van der Waals surface area contributed by atoms with E-state index in [0.29, 0.717) is 37.3 Å². The van der Waals surface area contributed by atoms with Gasteiger partial charge in [0.15, 0.2) is 0 Å². The van der Waals surface area contributed by atoms with Crippen molar-refractivity contribution in [3.8, 4) is 16.9 Å². The van der Waals surface area contributed by atoms with Crippen LogP contribution >= 0.6 is 0 Å². The molecule has 0 bridgehead atoms. The molecule has 0 atom stereocenters. The van der Waals surface area contributed by atoms with Crippen molar-refractivity contribution >= 4 is 5.97 Å². The van der Waals surface area contributed by atoms with Crippen molar-refractivity contribution in [2.45, 2.75) is 32.4 Å². The molecule has 0 unspecified atom stereocenters. The van der Waals surface area contributed by atoms with Gasteiger partial charge < -0.3 is 15.6 Å². The van der Waals surface area contributed by atoms with E-state index in [1.165, 1.54) is 0 Å². The fourth-order valence-corrected chi connectivity index (χ4v) is 3.42. The fourth-order valence-electron chi connectivity index (χ4n) is 3.42. The van der Waals surface area contributed by atoms with E-state index in [0.717, 1.165) is 27.8 Å². The van der Waals surface area contributed by atoms with Crippen LogP contribution in [0.25, 0.3) is 11.1 Å². The van der Waals surface area contributed by atoms with Gasteiger partial charge in [-0.2, -0.15) is 0 Å². The van der Waals surface area contributed by atoms with Crippen LogP contribution in [0.15, 0.2) is 66.7 Å². The lowest BCUT2D eigenvalue weighted by Gasteiger charge is -2.14. The molecule has 3 aromatic rings. The highest BCUT2D eigenvalue weighted by atomic mass is 19.1. The van der Waals surface area contributed by atoms with Crippen molar-refractivity contribution in [1.29, 1.82) is 0 Å². The SMILES string of the molecule is NCc1cccc(-c2cc(CCCF)cc(COc3ccccc3CC(=O)O)c2)c1. The topological polar surface area (TPSA) is 72.5 Å². The van der Waals surface area contributed by atoms with Crippen LogP contribution in [-0.2, 0) is 30.8 Å². The Morgan fingerprint density at radius 3 is 2.47 bits per heavy atom. The molecule has 3 rings (SSSR count). The number of rotatable bonds is 10. The van der Waals surface area contributed by atoms with E-state index in [2.05, 4.69) is 12.1 Å². The monoisotopic (exact) mass is 407 g/mol. The molecule has 3 N–H and O–H groups in total. The molecule has 3 aromatic carbocycles. The van der Waals surface area contributed by atoms with Crippen molar-refractivity contribution in [3.63, 3.8) is 0 Å². The molecule has 0 fully saturated rings. The van der Waals surface area contributed by atoms with Crippen LogP contribution in [0.2, 0.25) is 0 Å². The molecule has 0 aromatic heterocycles. The maximum Gasteiger partial charge on any atom is 0.307 e. The minimum Gasteiger partial charge on any atom is -0.489 e. The quantitative estimate of drug-likeness (QED) is 0.500. The molecule has 5 heteroatoms. The van der Waals surface area contributed by atoms with Crippen molar-refractivity contribution in [2.75, 3.05) is 6.67 Å². The molecule has 0 amide bonds. The molecule has 30 heavy (non-hydrogen) atoms. The van der Waals surface area contributed by atoms with Crippen LogP contribution in [0.4, 0.5) is 4.39 Å². The van der Waals surface area contributed by atoms with Gasteiger partial charge in [-0.25, -0.2) is 0 Å². The highest BCUT2D eigenvalue weighted by molar-refractivity contribution is 5.71. The van der Waals surface area contributed by atoms with E-state index in [1.807, 2.05) is 36.4 Å². The Kier molecular flexibility index (Phi) is 7.57. The van der Waals surface area contributed by atoms with E-state index in [1.54, 1.807) is 18.2 Å². The summed E-state index contributed by atoms with van der Waals surface area (Å²) in [5, 5.41) is 9.11. The average molecular weight is 407 g/mol. The Hall–Kier alpha value is -3.18. The van der Waals surface area contributed by atoms with E-state index < -0.39 is 5.97 Å². The first kappa shape index (κ1) is 21.5. The number of halogens is 1. The second-order valence-corrected chi connectivity index (χ2v) is 7.20. The van der Waals surface area contributed by atoms with Gasteiger partial charge in [0.2, 0.25) is 0 Å².